The molecule has 0 fully saturated rings. The van der Waals surface area contributed by atoms with Crippen LogP contribution < -0.4 is 0 Å². The van der Waals surface area contributed by atoms with E-state index in [0.717, 1.165) is 12.1 Å². The lowest BCUT2D eigenvalue weighted by Crippen LogP contribution is -1.98. The van der Waals surface area contributed by atoms with Crippen molar-refractivity contribution in [3.8, 4) is 0 Å². The molecule has 0 saturated carbocycles. The molecule has 0 amide bonds. The Balaban J connectivity index is 2.79. The van der Waals surface area contributed by atoms with Crippen molar-refractivity contribution in [1.29, 1.82) is 0 Å². The minimum atomic E-state index is -0.291. The lowest BCUT2D eigenvalue weighted by atomic mass is 10.3. The second-order valence-corrected chi connectivity index (χ2v) is 3.28. The molecule has 0 bridgehead atoms. The van der Waals surface area contributed by atoms with Gasteiger partial charge in [-0.2, -0.15) is 0 Å². The Morgan fingerprint density at radius 2 is 2.29 bits per heavy atom. The van der Waals surface area contributed by atoms with Gasteiger partial charge >= 0.3 is 0 Å². The third-order valence-corrected chi connectivity index (χ3v) is 2.48. The molecule has 0 aliphatic carbocycles. The first-order chi connectivity index (χ1) is 6.77. The molecule has 0 spiro atoms. The molecule has 1 aromatic carbocycles. The highest BCUT2D eigenvalue weighted by Crippen LogP contribution is 2.19. The third-order valence-electron chi connectivity index (χ3n) is 2.24. The van der Waals surface area contributed by atoms with E-state index in [0.29, 0.717) is 17.2 Å². The van der Waals surface area contributed by atoms with E-state index in [4.69, 9.17) is 11.6 Å². The minimum Gasteiger partial charge on any atom is -0.327 e. The molecule has 0 radical (unpaired) electrons. The highest BCUT2D eigenvalue weighted by molar-refractivity contribution is 6.16. The van der Waals surface area contributed by atoms with Crippen molar-refractivity contribution < 1.29 is 4.39 Å². The number of rotatable bonds is 2. The SMILES string of the molecule is CCn1c(CCl)nc2c(F)cccc21. The molecule has 2 rings (SSSR count). The zero-order valence-electron chi connectivity index (χ0n) is 7.80. The van der Waals surface area contributed by atoms with Gasteiger partial charge in [0, 0.05) is 6.54 Å². The number of aryl methyl sites for hydroxylation is 1. The second-order valence-electron chi connectivity index (χ2n) is 3.01. The largest absolute Gasteiger partial charge is 0.327 e. The van der Waals surface area contributed by atoms with Crippen molar-refractivity contribution in [2.45, 2.75) is 19.3 Å². The summed E-state index contributed by atoms with van der Waals surface area (Å²) in [5.74, 6) is 0.734. The monoisotopic (exact) mass is 212 g/mol. The van der Waals surface area contributed by atoms with Gasteiger partial charge in [-0.15, -0.1) is 11.6 Å². The molecule has 0 atom stereocenters. The lowest BCUT2D eigenvalue weighted by Gasteiger charge is -2.01. The Hall–Kier alpha value is -1.09. The molecular formula is C10H10ClFN2. The van der Waals surface area contributed by atoms with Crippen LogP contribution in [0, 0.1) is 5.82 Å². The standard InChI is InChI=1S/C10H10ClFN2/c1-2-14-8-5-3-4-7(12)10(8)13-9(14)6-11/h3-5H,2,6H2,1H3. The van der Waals surface area contributed by atoms with Crippen LogP contribution in [-0.2, 0) is 12.4 Å². The molecule has 0 saturated heterocycles. The van der Waals surface area contributed by atoms with Gasteiger partial charge in [-0.25, -0.2) is 9.37 Å². The van der Waals surface area contributed by atoms with E-state index in [9.17, 15) is 4.39 Å². The van der Waals surface area contributed by atoms with Crippen molar-refractivity contribution >= 4 is 22.6 Å². The van der Waals surface area contributed by atoms with Crippen LogP contribution in [0.25, 0.3) is 11.0 Å². The fourth-order valence-electron chi connectivity index (χ4n) is 1.62. The normalized spacial score (nSPS) is 11.1. The number of fused-ring (bicyclic) bond motifs is 1. The van der Waals surface area contributed by atoms with Crippen molar-refractivity contribution in [1.82, 2.24) is 9.55 Å². The van der Waals surface area contributed by atoms with Crippen LogP contribution in [0.2, 0.25) is 0 Å². The van der Waals surface area contributed by atoms with Crippen LogP contribution in [0.1, 0.15) is 12.7 Å². The number of imidazole rings is 1. The number of aromatic nitrogens is 2. The van der Waals surface area contributed by atoms with Crippen LogP contribution in [0.4, 0.5) is 4.39 Å². The summed E-state index contributed by atoms with van der Waals surface area (Å²) in [6.45, 7) is 2.74. The summed E-state index contributed by atoms with van der Waals surface area (Å²) in [5.41, 5.74) is 1.22. The molecular weight excluding hydrogens is 203 g/mol. The highest BCUT2D eigenvalue weighted by atomic mass is 35.5. The van der Waals surface area contributed by atoms with Gasteiger partial charge in [-0.3, -0.25) is 0 Å². The predicted molar refractivity (Wildman–Crippen MR) is 54.9 cm³/mol. The summed E-state index contributed by atoms with van der Waals surface area (Å²) in [6.07, 6.45) is 0. The first-order valence-corrected chi connectivity index (χ1v) is 5.01. The number of nitrogens with zero attached hydrogens (tertiary/aromatic N) is 2. The van der Waals surface area contributed by atoms with Gasteiger partial charge < -0.3 is 4.57 Å². The molecule has 0 N–H and O–H groups in total. The van der Waals surface area contributed by atoms with Gasteiger partial charge in [-0.05, 0) is 19.1 Å². The fourth-order valence-corrected chi connectivity index (χ4v) is 1.82. The quantitative estimate of drug-likeness (QED) is 0.700. The lowest BCUT2D eigenvalue weighted by molar-refractivity contribution is 0.637. The summed E-state index contributed by atoms with van der Waals surface area (Å²) in [7, 11) is 0. The average Bonchev–Trinajstić information content (AvgIpc) is 2.57. The number of hydrogen-bond donors (Lipinski definition) is 0. The first kappa shape index (κ1) is 9.46. The maximum absolute atomic E-state index is 13.3. The second kappa shape index (κ2) is 3.58. The Morgan fingerprint density at radius 1 is 1.50 bits per heavy atom. The van der Waals surface area contributed by atoms with E-state index in [1.807, 2.05) is 17.6 Å². The maximum atomic E-state index is 13.3. The summed E-state index contributed by atoms with van der Waals surface area (Å²) >= 11 is 5.73. The van der Waals surface area contributed by atoms with Crippen molar-refractivity contribution in [2.75, 3.05) is 0 Å². The van der Waals surface area contributed by atoms with E-state index < -0.39 is 0 Å². The van der Waals surface area contributed by atoms with E-state index in [2.05, 4.69) is 4.98 Å². The predicted octanol–water partition coefficient (Wildman–Crippen LogP) is 2.93. The number of para-hydroxylation sites is 1. The Morgan fingerprint density at radius 3 is 2.93 bits per heavy atom. The maximum Gasteiger partial charge on any atom is 0.151 e. The van der Waals surface area contributed by atoms with Crippen LogP contribution in [-0.4, -0.2) is 9.55 Å². The summed E-state index contributed by atoms with van der Waals surface area (Å²) in [5, 5.41) is 0. The molecule has 1 aromatic heterocycles. The molecule has 0 aliphatic heterocycles. The average molecular weight is 213 g/mol. The van der Waals surface area contributed by atoms with Gasteiger partial charge in [0.15, 0.2) is 5.82 Å². The highest BCUT2D eigenvalue weighted by Gasteiger charge is 2.10. The molecule has 2 aromatic rings. The van der Waals surface area contributed by atoms with E-state index in [-0.39, 0.29) is 5.82 Å². The molecule has 74 valence electrons. The Labute approximate surface area is 86.3 Å². The summed E-state index contributed by atoms with van der Waals surface area (Å²) in [6, 6.07) is 4.95. The van der Waals surface area contributed by atoms with E-state index in [1.54, 1.807) is 6.07 Å². The molecule has 4 heteroatoms. The van der Waals surface area contributed by atoms with Crippen LogP contribution in [0.3, 0.4) is 0 Å². The molecule has 1 heterocycles. The van der Waals surface area contributed by atoms with Crippen LogP contribution >= 0.6 is 11.6 Å². The molecule has 0 unspecified atom stereocenters. The number of halogens is 2. The van der Waals surface area contributed by atoms with Gasteiger partial charge in [0.25, 0.3) is 0 Å². The van der Waals surface area contributed by atoms with Gasteiger partial charge in [-0.1, -0.05) is 6.07 Å². The summed E-state index contributed by atoms with van der Waals surface area (Å²) < 4.78 is 15.3. The smallest absolute Gasteiger partial charge is 0.151 e. The van der Waals surface area contributed by atoms with E-state index >= 15 is 0 Å². The number of benzene rings is 1. The van der Waals surface area contributed by atoms with E-state index in [1.165, 1.54) is 6.07 Å². The first-order valence-electron chi connectivity index (χ1n) is 4.47. The Kier molecular flexibility index (Phi) is 2.42. The Bertz CT molecular complexity index is 464. The van der Waals surface area contributed by atoms with Gasteiger partial charge in [0.05, 0.1) is 11.4 Å². The zero-order valence-corrected chi connectivity index (χ0v) is 8.55. The van der Waals surface area contributed by atoms with Gasteiger partial charge in [0.2, 0.25) is 0 Å². The molecule has 2 nitrogen and oxygen atoms in total. The van der Waals surface area contributed by atoms with Crippen molar-refractivity contribution in [3.63, 3.8) is 0 Å². The van der Waals surface area contributed by atoms with Crippen LogP contribution in [0.5, 0.6) is 0 Å². The van der Waals surface area contributed by atoms with Crippen molar-refractivity contribution in [3.05, 3.63) is 29.8 Å². The summed E-state index contributed by atoms with van der Waals surface area (Å²) in [4.78, 5) is 4.16. The van der Waals surface area contributed by atoms with Crippen molar-refractivity contribution in [2.24, 2.45) is 0 Å². The topological polar surface area (TPSA) is 17.8 Å². The third kappa shape index (κ3) is 1.28. The minimum absolute atomic E-state index is 0.291. The molecule has 0 aliphatic rings. The number of hydrogen-bond acceptors (Lipinski definition) is 1. The van der Waals surface area contributed by atoms with Gasteiger partial charge in [0.1, 0.15) is 11.3 Å². The zero-order chi connectivity index (χ0) is 10.1. The van der Waals surface area contributed by atoms with Crippen LogP contribution in [0.15, 0.2) is 18.2 Å². The number of alkyl halides is 1. The molecule has 14 heavy (non-hydrogen) atoms. The fraction of sp³-hybridized carbons (Fsp3) is 0.300.